The first-order chi connectivity index (χ1) is 8.79. The van der Waals surface area contributed by atoms with Gasteiger partial charge < -0.3 is 14.6 Å². The fourth-order valence-electron chi connectivity index (χ4n) is 1.09. The van der Waals surface area contributed by atoms with Gasteiger partial charge in [-0.25, -0.2) is 0 Å². The summed E-state index contributed by atoms with van der Waals surface area (Å²) in [4.78, 5) is 33.0. The monoisotopic (exact) mass is 274 g/mol. The minimum Gasteiger partial charge on any atom is -0.481 e. The van der Waals surface area contributed by atoms with E-state index in [4.69, 9.17) is 14.6 Å². The lowest BCUT2D eigenvalue weighted by Crippen LogP contribution is -2.27. The molecule has 110 valence electrons. The van der Waals surface area contributed by atoms with Crippen LogP contribution >= 0.6 is 0 Å². The number of hydrogen-bond acceptors (Lipinski definition) is 5. The minimum atomic E-state index is -0.941. The Bertz CT molecular complexity index is 321. The molecule has 0 aromatic rings. The van der Waals surface area contributed by atoms with Crippen LogP contribution in [0.15, 0.2) is 0 Å². The molecular formula is C13H22O6. The number of carbonyl (C=O) groups is 3. The van der Waals surface area contributed by atoms with Crippen LogP contribution in [0.4, 0.5) is 0 Å². The standard InChI is InChI=1S/C13H22O6/c1-4-13(2,3)12(17)19-9-8-18-11(16)7-5-6-10(14)15/h4-9H2,1-3H3,(H,14,15). The topological polar surface area (TPSA) is 89.9 Å². The fraction of sp³-hybridized carbons (Fsp3) is 0.769. The quantitative estimate of drug-likeness (QED) is 0.509. The average Bonchev–Trinajstić information content (AvgIpc) is 2.33. The van der Waals surface area contributed by atoms with Crippen molar-refractivity contribution in [1.29, 1.82) is 0 Å². The number of carboxylic acids is 1. The van der Waals surface area contributed by atoms with Crippen LogP contribution in [-0.4, -0.2) is 36.2 Å². The number of carboxylic acid groups (broad SMARTS) is 1. The normalized spacial score (nSPS) is 10.9. The van der Waals surface area contributed by atoms with E-state index in [1.165, 1.54) is 0 Å². The number of esters is 2. The number of hydrogen-bond donors (Lipinski definition) is 1. The van der Waals surface area contributed by atoms with Crippen molar-refractivity contribution in [3.8, 4) is 0 Å². The summed E-state index contributed by atoms with van der Waals surface area (Å²) in [6.07, 6.45) is 0.910. The van der Waals surface area contributed by atoms with E-state index < -0.39 is 17.4 Å². The molecule has 0 amide bonds. The average molecular weight is 274 g/mol. The van der Waals surface area contributed by atoms with Crippen molar-refractivity contribution in [3.05, 3.63) is 0 Å². The number of ether oxygens (including phenoxy) is 2. The maximum atomic E-state index is 11.6. The molecule has 0 radical (unpaired) electrons. The summed E-state index contributed by atoms with van der Waals surface area (Å²) in [5.74, 6) is -1.74. The van der Waals surface area contributed by atoms with Gasteiger partial charge in [-0.05, 0) is 26.7 Å². The second-order valence-electron chi connectivity index (χ2n) is 4.84. The molecule has 0 saturated heterocycles. The van der Waals surface area contributed by atoms with Crippen LogP contribution in [0.1, 0.15) is 46.5 Å². The first-order valence-electron chi connectivity index (χ1n) is 6.34. The van der Waals surface area contributed by atoms with Gasteiger partial charge in [0.15, 0.2) is 0 Å². The third-order valence-electron chi connectivity index (χ3n) is 2.79. The summed E-state index contributed by atoms with van der Waals surface area (Å²) in [6, 6.07) is 0. The van der Waals surface area contributed by atoms with E-state index in [9.17, 15) is 14.4 Å². The second-order valence-corrected chi connectivity index (χ2v) is 4.84. The van der Waals surface area contributed by atoms with Crippen molar-refractivity contribution in [3.63, 3.8) is 0 Å². The van der Waals surface area contributed by atoms with E-state index >= 15 is 0 Å². The highest BCUT2D eigenvalue weighted by Gasteiger charge is 2.26. The van der Waals surface area contributed by atoms with Gasteiger partial charge in [0, 0.05) is 12.8 Å². The Morgan fingerprint density at radius 2 is 1.63 bits per heavy atom. The highest BCUT2D eigenvalue weighted by atomic mass is 16.6. The van der Waals surface area contributed by atoms with Crippen LogP contribution < -0.4 is 0 Å². The summed E-state index contributed by atoms with van der Waals surface area (Å²) < 4.78 is 9.79. The first kappa shape index (κ1) is 17.4. The van der Waals surface area contributed by atoms with Gasteiger partial charge in [0.2, 0.25) is 0 Å². The van der Waals surface area contributed by atoms with Gasteiger partial charge in [-0.2, -0.15) is 0 Å². The smallest absolute Gasteiger partial charge is 0.311 e. The van der Waals surface area contributed by atoms with E-state index in [-0.39, 0.29) is 38.4 Å². The molecule has 19 heavy (non-hydrogen) atoms. The molecule has 0 bridgehead atoms. The lowest BCUT2D eigenvalue weighted by molar-refractivity contribution is -0.159. The van der Waals surface area contributed by atoms with E-state index in [1.54, 1.807) is 13.8 Å². The third-order valence-corrected chi connectivity index (χ3v) is 2.79. The molecule has 1 N–H and O–H groups in total. The molecule has 0 spiro atoms. The fourth-order valence-corrected chi connectivity index (χ4v) is 1.09. The Morgan fingerprint density at radius 3 is 2.16 bits per heavy atom. The Balaban J connectivity index is 3.67. The van der Waals surface area contributed by atoms with Gasteiger partial charge in [0.05, 0.1) is 5.41 Å². The molecule has 0 aromatic heterocycles. The SMILES string of the molecule is CCC(C)(C)C(=O)OCCOC(=O)CCCC(=O)O. The number of rotatable bonds is 9. The van der Waals surface area contributed by atoms with Gasteiger partial charge >= 0.3 is 17.9 Å². The van der Waals surface area contributed by atoms with Crippen LogP contribution in [0, 0.1) is 5.41 Å². The second kappa shape index (κ2) is 8.50. The van der Waals surface area contributed by atoms with Crippen molar-refractivity contribution < 1.29 is 29.0 Å². The Hall–Kier alpha value is -1.59. The van der Waals surface area contributed by atoms with E-state index in [1.807, 2.05) is 6.92 Å². The zero-order valence-electron chi connectivity index (χ0n) is 11.7. The van der Waals surface area contributed by atoms with Crippen LogP contribution in [0.3, 0.4) is 0 Å². The van der Waals surface area contributed by atoms with Gasteiger partial charge in [-0.3, -0.25) is 14.4 Å². The maximum absolute atomic E-state index is 11.6. The molecular weight excluding hydrogens is 252 g/mol. The summed E-state index contributed by atoms with van der Waals surface area (Å²) in [5, 5.41) is 8.39. The lowest BCUT2D eigenvalue weighted by atomic mass is 9.91. The molecule has 0 unspecified atom stereocenters. The van der Waals surface area contributed by atoms with Crippen molar-refractivity contribution in [2.75, 3.05) is 13.2 Å². The van der Waals surface area contributed by atoms with E-state index in [0.29, 0.717) is 6.42 Å². The van der Waals surface area contributed by atoms with Gasteiger partial charge in [0.25, 0.3) is 0 Å². The number of aliphatic carboxylic acids is 1. The molecule has 6 heteroatoms. The molecule has 0 rings (SSSR count). The van der Waals surface area contributed by atoms with Crippen LogP contribution in [-0.2, 0) is 23.9 Å². The van der Waals surface area contributed by atoms with Crippen molar-refractivity contribution in [2.24, 2.45) is 5.41 Å². The maximum Gasteiger partial charge on any atom is 0.311 e. The summed E-state index contributed by atoms with van der Waals surface area (Å²) in [6.45, 7) is 5.48. The van der Waals surface area contributed by atoms with Crippen molar-refractivity contribution in [1.82, 2.24) is 0 Å². The molecule has 0 aliphatic heterocycles. The zero-order valence-corrected chi connectivity index (χ0v) is 11.7. The molecule has 0 heterocycles. The van der Waals surface area contributed by atoms with Crippen molar-refractivity contribution >= 4 is 17.9 Å². The molecule has 0 aromatic carbocycles. The molecule has 0 aliphatic carbocycles. The molecule has 0 fully saturated rings. The van der Waals surface area contributed by atoms with Gasteiger partial charge in [-0.15, -0.1) is 0 Å². The lowest BCUT2D eigenvalue weighted by Gasteiger charge is -2.20. The predicted molar refractivity (Wildman–Crippen MR) is 67.5 cm³/mol. The Labute approximate surface area is 113 Å². The summed E-state index contributed by atoms with van der Waals surface area (Å²) in [5.41, 5.74) is -0.536. The van der Waals surface area contributed by atoms with E-state index in [0.717, 1.165) is 0 Å². The van der Waals surface area contributed by atoms with Gasteiger partial charge in [-0.1, -0.05) is 6.92 Å². The summed E-state index contributed by atoms with van der Waals surface area (Å²) >= 11 is 0. The minimum absolute atomic E-state index is 0.00254. The highest BCUT2D eigenvalue weighted by Crippen LogP contribution is 2.21. The Morgan fingerprint density at radius 1 is 1.05 bits per heavy atom. The molecule has 0 atom stereocenters. The number of carbonyl (C=O) groups excluding carboxylic acids is 2. The first-order valence-corrected chi connectivity index (χ1v) is 6.34. The van der Waals surface area contributed by atoms with Crippen LogP contribution in [0.2, 0.25) is 0 Å². The van der Waals surface area contributed by atoms with Crippen LogP contribution in [0.5, 0.6) is 0 Å². The molecule has 0 aliphatic rings. The van der Waals surface area contributed by atoms with E-state index in [2.05, 4.69) is 0 Å². The summed E-state index contributed by atoms with van der Waals surface area (Å²) in [7, 11) is 0. The Kier molecular flexibility index (Phi) is 7.79. The molecule has 6 nitrogen and oxygen atoms in total. The highest BCUT2D eigenvalue weighted by molar-refractivity contribution is 5.75. The molecule has 0 saturated carbocycles. The largest absolute Gasteiger partial charge is 0.481 e. The third kappa shape index (κ3) is 8.18. The van der Waals surface area contributed by atoms with Crippen molar-refractivity contribution in [2.45, 2.75) is 46.5 Å². The predicted octanol–water partition coefficient (Wildman–Crippen LogP) is 1.76. The van der Waals surface area contributed by atoms with Gasteiger partial charge in [0.1, 0.15) is 13.2 Å². The zero-order chi connectivity index (χ0) is 14.9. The van der Waals surface area contributed by atoms with Crippen LogP contribution in [0.25, 0.3) is 0 Å².